The lowest BCUT2D eigenvalue weighted by Gasteiger charge is -2.03. The first-order valence-electron chi connectivity index (χ1n) is 6.34. The molecule has 0 amide bonds. The number of rotatable bonds is 2. The highest BCUT2D eigenvalue weighted by atomic mass is 35.5. The highest BCUT2D eigenvalue weighted by Gasteiger charge is 2.27. The van der Waals surface area contributed by atoms with Crippen molar-refractivity contribution in [1.29, 1.82) is 0 Å². The Morgan fingerprint density at radius 1 is 1.09 bits per heavy atom. The monoisotopic (exact) mass is 315 g/mol. The van der Waals surface area contributed by atoms with Crippen LogP contribution < -0.4 is 0 Å². The zero-order chi connectivity index (χ0) is 15.7. The molecule has 0 aromatic heterocycles. The minimum Gasteiger partial charge on any atom is -0.508 e. The minimum absolute atomic E-state index is 0.0692. The number of phenols is 2. The van der Waals surface area contributed by atoms with E-state index in [0.29, 0.717) is 21.9 Å². The number of halogens is 1. The summed E-state index contributed by atoms with van der Waals surface area (Å²) in [6.45, 7) is 0. The molecule has 0 radical (unpaired) electrons. The van der Waals surface area contributed by atoms with Gasteiger partial charge in [0.25, 0.3) is 0 Å². The summed E-state index contributed by atoms with van der Waals surface area (Å²) in [7, 11) is 0. The summed E-state index contributed by atoms with van der Waals surface area (Å²) in [5, 5.41) is 23.4. The molecule has 0 bridgehead atoms. The van der Waals surface area contributed by atoms with E-state index < -0.39 is 5.97 Å². The molecular weight excluding hydrogens is 306 g/mol. The molecule has 2 N–H and O–H groups in total. The Hall–Kier alpha value is -2.79. The zero-order valence-electron chi connectivity index (χ0n) is 11.2. The maximum Gasteiger partial charge on any atom is 0.368 e. The third-order valence-electron chi connectivity index (χ3n) is 3.13. The van der Waals surface area contributed by atoms with Gasteiger partial charge in [-0.25, -0.2) is 4.79 Å². The fraction of sp³-hybridized carbons (Fsp3) is 0. The van der Waals surface area contributed by atoms with Crippen molar-refractivity contribution in [2.75, 3.05) is 0 Å². The molecule has 110 valence electrons. The van der Waals surface area contributed by atoms with Gasteiger partial charge in [0, 0.05) is 22.2 Å². The van der Waals surface area contributed by atoms with Crippen LogP contribution in [-0.4, -0.2) is 21.9 Å². The highest BCUT2D eigenvalue weighted by Crippen LogP contribution is 2.27. The Labute approximate surface area is 130 Å². The van der Waals surface area contributed by atoms with Crippen LogP contribution in [0.15, 0.2) is 53.2 Å². The average molecular weight is 316 g/mol. The molecule has 0 saturated heterocycles. The topological polar surface area (TPSA) is 79.1 Å². The summed E-state index contributed by atoms with van der Waals surface area (Å²) in [5.74, 6) is -0.833. The van der Waals surface area contributed by atoms with Crippen LogP contribution in [-0.2, 0) is 9.63 Å². The van der Waals surface area contributed by atoms with Crippen LogP contribution in [0.5, 0.6) is 11.5 Å². The van der Waals surface area contributed by atoms with Crippen LogP contribution >= 0.6 is 11.6 Å². The highest BCUT2D eigenvalue weighted by molar-refractivity contribution is 6.32. The normalized spacial score (nSPS) is 15.8. The van der Waals surface area contributed by atoms with Gasteiger partial charge in [-0.1, -0.05) is 28.9 Å². The summed E-state index contributed by atoms with van der Waals surface area (Å²) in [5.41, 5.74) is 1.60. The fourth-order valence-electron chi connectivity index (χ4n) is 2.03. The second-order valence-corrected chi connectivity index (χ2v) is 5.06. The molecule has 3 rings (SSSR count). The molecule has 2 aromatic carbocycles. The number of benzene rings is 2. The predicted octanol–water partition coefficient (Wildman–Crippen LogP) is 3.10. The minimum atomic E-state index is -0.613. The average Bonchev–Trinajstić information content (AvgIpc) is 2.84. The number of nitrogens with zero attached hydrogens (tertiary/aromatic N) is 1. The Kier molecular flexibility index (Phi) is 3.56. The van der Waals surface area contributed by atoms with Gasteiger partial charge in [-0.2, -0.15) is 0 Å². The van der Waals surface area contributed by atoms with E-state index in [9.17, 15) is 15.0 Å². The quantitative estimate of drug-likeness (QED) is 0.659. The summed E-state index contributed by atoms with van der Waals surface area (Å²) in [4.78, 5) is 16.6. The Bertz CT molecular complexity index is 809. The first-order chi connectivity index (χ1) is 10.5. The first kappa shape index (κ1) is 14.2. The van der Waals surface area contributed by atoms with Gasteiger partial charge in [0.05, 0.1) is 5.57 Å². The van der Waals surface area contributed by atoms with E-state index in [1.165, 1.54) is 24.3 Å². The Morgan fingerprint density at radius 2 is 1.82 bits per heavy atom. The second-order valence-electron chi connectivity index (χ2n) is 4.63. The SMILES string of the molecule is O=C1ON=C(c2ccc(Cl)cc2)/C1=C\c1ccc(O)cc1O. The predicted molar refractivity (Wildman–Crippen MR) is 81.8 cm³/mol. The summed E-state index contributed by atoms with van der Waals surface area (Å²) in [6.07, 6.45) is 1.46. The molecule has 5 nitrogen and oxygen atoms in total. The Balaban J connectivity index is 2.03. The lowest BCUT2D eigenvalue weighted by molar-refractivity contribution is -0.136. The largest absolute Gasteiger partial charge is 0.508 e. The van der Waals surface area contributed by atoms with E-state index in [4.69, 9.17) is 16.4 Å². The fourth-order valence-corrected chi connectivity index (χ4v) is 2.16. The van der Waals surface area contributed by atoms with Crippen molar-refractivity contribution in [2.45, 2.75) is 0 Å². The molecular formula is C16H10ClNO4. The van der Waals surface area contributed by atoms with Crippen LogP contribution in [0.3, 0.4) is 0 Å². The number of hydrogen-bond acceptors (Lipinski definition) is 5. The van der Waals surface area contributed by atoms with Gasteiger partial charge in [0.15, 0.2) is 0 Å². The van der Waals surface area contributed by atoms with Crippen molar-refractivity contribution in [3.05, 3.63) is 64.2 Å². The van der Waals surface area contributed by atoms with Gasteiger partial charge in [0.1, 0.15) is 17.2 Å². The van der Waals surface area contributed by atoms with Crippen LogP contribution in [0.2, 0.25) is 5.02 Å². The molecule has 22 heavy (non-hydrogen) atoms. The second kappa shape index (κ2) is 5.54. The van der Waals surface area contributed by atoms with E-state index in [2.05, 4.69) is 5.16 Å². The standard InChI is InChI=1S/C16H10ClNO4/c17-11-4-1-9(2-5-11)15-13(16(21)22-18-15)7-10-3-6-12(19)8-14(10)20/h1-8,19-20H/b13-7+. The number of carbonyl (C=O) groups excluding carboxylic acids is 1. The molecule has 0 saturated carbocycles. The van der Waals surface area contributed by atoms with Crippen molar-refractivity contribution in [3.8, 4) is 11.5 Å². The molecule has 1 aliphatic rings. The van der Waals surface area contributed by atoms with Gasteiger partial charge in [-0.3, -0.25) is 0 Å². The summed E-state index contributed by atoms with van der Waals surface area (Å²) < 4.78 is 0. The molecule has 1 heterocycles. The van der Waals surface area contributed by atoms with E-state index in [-0.39, 0.29) is 17.1 Å². The molecule has 2 aromatic rings. The third kappa shape index (κ3) is 2.66. The van der Waals surface area contributed by atoms with Crippen molar-refractivity contribution < 1.29 is 19.8 Å². The number of oxime groups is 1. The molecule has 6 heteroatoms. The third-order valence-corrected chi connectivity index (χ3v) is 3.38. The lowest BCUT2D eigenvalue weighted by Crippen LogP contribution is -2.06. The van der Waals surface area contributed by atoms with Crippen molar-refractivity contribution in [3.63, 3.8) is 0 Å². The van der Waals surface area contributed by atoms with E-state index in [1.807, 2.05) is 0 Å². The van der Waals surface area contributed by atoms with Crippen LogP contribution in [0.1, 0.15) is 11.1 Å². The van der Waals surface area contributed by atoms with Crippen molar-refractivity contribution >= 4 is 29.4 Å². The summed E-state index contributed by atoms with van der Waals surface area (Å²) in [6, 6.07) is 10.9. The number of phenolic OH excluding ortho intramolecular Hbond substituents is 2. The van der Waals surface area contributed by atoms with Crippen molar-refractivity contribution in [2.24, 2.45) is 5.16 Å². The molecule has 0 aliphatic carbocycles. The number of aromatic hydroxyl groups is 2. The maximum atomic E-state index is 11.8. The van der Waals surface area contributed by atoms with Crippen molar-refractivity contribution in [1.82, 2.24) is 0 Å². The van der Waals surface area contributed by atoms with Crippen LogP contribution in [0.4, 0.5) is 0 Å². The van der Waals surface area contributed by atoms with Gasteiger partial charge in [-0.05, 0) is 30.3 Å². The van der Waals surface area contributed by atoms with Gasteiger partial charge < -0.3 is 15.1 Å². The van der Waals surface area contributed by atoms with E-state index in [1.54, 1.807) is 24.3 Å². The van der Waals surface area contributed by atoms with E-state index in [0.717, 1.165) is 0 Å². The number of carbonyl (C=O) groups is 1. The lowest BCUT2D eigenvalue weighted by atomic mass is 10.0. The van der Waals surface area contributed by atoms with E-state index >= 15 is 0 Å². The molecule has 0 unspecified atom stereocenters. The Morgan fingerprint density at radius 3 is 2.50 bits per heavy atom. The summed E-state index contributed by atoms with van der Waals surface area (Å²) >= 11 is 5.84. The van der Waals surface area contributed by atoms with Gasteiger partial charge >= 0.3 is 5.97 Å². The molecule has 0 spiro atoms. The van der Waals surface area contributed by atoms with Crippen LogP contribution in [0, 0.1) is 0 Å². The van der Waals surface area contributed by atoms with Gasteiger partial charge in [-0.15, -0.1) is 0 Å². The molecule has 1 aliphatic heterocycles. The van der Waals surface area contributed by atoms with Crippen LogP contribution in [0.25, 0.3) is 6.08 Å². The zero-order valence-corrected chi connectivity index (χ0v) is 11.9. The molecule has 0 fully saturated rings. The smallest absolute Gasteiger partial charge is 0.368 e. The maximum absolute atomic E-state index is 11.8. The number of hydrogen-bond donors (Lipinski definition) is 2. The first-order valence-corrected chi connectivity index (χ1v) is 6.72. The molecule has 0 atom stereocenters. The van der Waals surface area contributed by atoms with Gasteiger partial charge in [0.2, 0.25) is 0 Å².